The number of rotatable bonds is 6. The number of ether oxygens (including phenoxy) is 1. The number of benzene rings is 2. The molecule has 0 atom stereocenters. The number of esters is 1. The second kappa shape index (κ2) is 8.06. The summed E-state index contributed by atoms with van der Waals surface area (Å²) in [6, 6.07) is 14.7. The Bertz CT molecular complexity index is 874. The summed E-state index contributed by atoms with van der Waals surface area (Å²) < 4.78 is 31.9. The first-order valence-corrected chi connectivity index (χ1v) is 9.08. The SMILES string of the molecule is N#Cc1ccc(COC(=O)CNS(=O)(=O)c2cccc(Br)c2)cc1. The highest BCUT2D eigenvalue weighted by Gasteiger charge is 2.16. The average molecular weight is 409 g/mol. The highest BCUT2D eigenvalue weighted by atomic mass is 79.9. The zero-order valence-electron chi connectivity index (χ0n) is 12.4. The minimum atomic E-state index is -3.79. The molecule has 0 amide bonds. The number of halogens is 1. The fourth-order valence-electron chi connectivity index (χ4n) is 1.76. The lowest BCUT2D eigenvalue weighted by molar-refractivity contribution is -0.143. The van der Waals surface area contributed by atoms with Gasteiger partial charge >= 0.3 is 5.97 Å². The molecule has 0 heterocycles. The highest BCUT2D eigenvalue weighted by molar-refractivity contribution is 9.10. The second-order valence-electron chi connectivity index (χ2n) is 4.75. The molecule has 2 rings (SSSR count). The fourth-order valence-corrected chi connectivity index (χ4v) is 3.33. The molecule has 0 aliphatic carbocycles. The summed E-state index contributed by atoms with van der Waals surface area (Å²) in [4.78, 5) is 11.7. The lowest BCUT2D eigenvalue weighted by atomic mass is 10.2. The van der Waals surface area contributed by atoms with E-state index in [0.717, 1.165) is 0 Å². The molecule has 0 aliphatic rings. The molecule has 2 aromatic carbocycles. The minimum Gasteiger partial charge on any atom is -0.460 e. The molecule has 0 unspecified atom stereocenters. The van der Waals surface area contributed by atoms with E-state index in [9.17, 15) is 13.2 Å². The van der Waals surface area contributed by atoms with Gasteiger partial charge in [0.25, 0.3) is 0 Å². The van der Waals surface area contributed by atoms with Crippen molar-refractivity contribution in [1.29, 1.82) is 5.26 Å². The average Bonchev–Trinajstić information content (AvgIpc) is 2.58. The van der Waals surface area contributed by atoms with Crippen LogP contribution in [0.3, 0.4) is 0 Å². The van der Waals surface area contributed by atoms with Crippen LogP contribution in [0.5, 0.6) is 0 Å². The normalized spacial score (nSPS) is 10.8. The third-order valence-electron chi connectivity index (χ3n) is 3.00. The van der Waals surface area contributed by atoms with Gasteiger partial charge in [-0.1, -0.05) is 34.1 Å². The second-order valence-corrected chi connectivity index (χ2v) is 7.43. The van der Waals surface area contributed by atoms with Crippen LogP contribution in [-0.4, -0.2) is 20.9 Å². The van der Waals surface area contributed by atoms with Crippen LogP contribution in [0.25, 0.3) is 0 Å². The van der Waals surface area contributed by atoms with Crippen molar-refractivity contribution in [2.75, 3.05) is 6.54 Å². The Balaban J connectivity index is 1.87. The molecule has 1 N–H and O–H groups in total. The third-order valence-corrected chi connectivity index (χ3v) is 4.89. The molecule has 0 aromatic heterocycles. The monoisotopic (exact) mass is 408 g/mol. The number of sulfonamides is 1. The third kappa shape index (κ3) is 5.16. The first-order chi connectivity index (χ1) is 11.4. The van der Waals surface area contributed by atoms with Crippen LogP contribution in [0.1, 0.15) is 11.1 Å². The summed E-state index contributed by atoms with van der Waals surface area (Å²) in [6.45, 7) is -0.464. The molecule has 0 radical (unpaired) electrons. The van der Waals surface area contributed by atoms with E-state index in [1.165, 1.54) is 12.1 Å². The largest absolute Gasteiger partial charge is 0.460 e. The molecule has 2 aromatic rings. The van der Waals surface area contributed by atoms with Crippen molar-refractivity contribution in [1.82, 2.24) is 4.72 Å². The number of nitrogens with one attached hydrogen (secondary N) is 1. The lowest BCUT2D eigenvalue weighted by Crippen LogP contribution is -2.30. The number of nitrogens with zero attached hydrogens (tertiary/aromatic N) is 1. The minimum absolute atomic E-state index is 0.00313. The Labute approximate surface area is 148 Å². The van der Waals surface area contributed by atoms with E-state index >= 15 is 0 Å². The molecule has 0 aliphatic heterocycles. The number of carbonyl (C=O) groups excluding carboxylic acids is 1. The topological polar surface area (TPSA) is 96.3 Å². The van der Waals surface area contributed by atoms with Gasteiger partial charge in [0, 0.05) is 4.47 Å². The maximum Gasteiger partial charge on any atom is 0.321 e. The van der Waals surface area contributed by atoms with Crippen molar-refractivity contribution in [3.8, 4) is 6.07 Å². The van der Waals surface area contributed by atoms with Crippen LogP contribution < -0.4 is 4.72 Å². The molecule has 0 spiro atoms. The van der Waals surface area contributed by atoms with Gasteiger partial charge in [-0.05, 0) is 35.9 Å². The summed E-state index contributed by atoms with van der Waals surface area (Å²) in [6.07, 6.45) is 0. The van der Waals surface area contributed by atoms with Gasteiger partial charge in [0.15, 0.2) is 0 Å². The van der Waals surface area contributed by atoms with Crippen molar-refractivity contribution in [2.24, 2.45) is 0 Å². The number of hydrogen-bond donors (Lipinski definition) is 1. The molecule has 0 fully saturated rings. The zero-order valence-corrected chi connectivity index (χ0v) is 14.8. The van der Waals surface area contributed by atoms with Crippen molar-refractivity contribution >= 4 is 31.9 Å². The Morgan fingerprint density at radius 2 is 1.92 bits per heavy atom. The zero-order chi connectivity index (χ0) is 17.6. The first kappa shape index (κ1) is 18.1. The molecule has 24 heavy (non-hydrogen) atoms. The van der Waals surface area contributed by atoms with Gasteiger partial charge < -0.3 is 4.74 Å². The summed E-state index contributed by atoms with van der Waals surface area (Å²) in [7, 11) is -3.79. The Morgan fingerprint density at radius 3 is 2.54 bits per heavy atom. The predicted octanol–water partition coefficient (Wildman–Crippen LogP) is 2.34. The predicted molar refractivity (Wildman–Crippen MR) is 90.3 cm³/mol. The number of carbonyl (C=O) groups is 1. The summed E-state index contributed by atoms with van der Waals surface area (Å²) in [5.74, 6) is -0.696. The maximum absolute atomic E-state index is 12.1. The van der Waals surface area contributed by atoms with E-state index in [-0.39, 0.29) is 11.5 Å². The van der Waals surface area contributed by atoms with Gasteiger partial charge in [-0.25, -0.2) is 8.42 Å². The van der Waals surface area contributed by atoms with Crippen molar-refractivity contribution in [3.63, 3.8) is 0 Å². The van der Waals surface area contributed by atoms with E-state index in [2.05, 4.69) is 20.7 Å². The standard InChI is InChI=1S/C16H13BrN2O4S/c17-14-2-1-3-15(8-14)24(21,22)19-10-16(20)23-11-13-6-4-12(9-18)5-7-13/h1-8,19H,10-11H2. The molecule has 0 saturated carbocycles. The van der Waals surface area contributed by atoms with Crippen molar-refractivity contribution in [2.45, 2.75) is 11.5 Å². The molecule has 0 bridgehead atoms. The Morgan fingerprint density at radius 1 is 1.21 bits per heavy atom. The van der Waals surface area contributed by atoms with Crippen LogP contribution in [0, 0.1) is 11.3 Å². The molecule has 6 nitrogen and oxygen atoms in total. The summed E-state index contributed by atoms with van der Waals surface area (Å²) in [5, 5.41) is 8.70. The van der Waals surface area contributed by atoms with Crippen LogP contribution in [0.4, 0.5) is 0 Å². The molecule has 124 valence electrons. The lowest BCUT2D eigenvalue weighted by Gasteiger charge is -2.08. The van der Waals surface area contributed by atoms with Crippen molar-refractivity contribution < 1.29 is 17.9 Å². The Hall–Kier alpha value is -2.21. The quantitative estimate of drug-likeness (QED) is 0.739. The van der Waals surface area contributed by atoms with Crippen LogP contribution >= 0.6 is 15.9 Å². The number of hydrogen-bond acceptors (Lipinski definition) is 5. The molecule has 0 saturated heterocycles. The van der Waals surface area contributed by atoms with E-state index in [0.29, 0.717) is 15.6 Å². The smallest absolute Gasteiger partial charge is 0.321 e. The maximum atomic E-state index is 12.1. The van der Waals surface area contributed by atoms with Gasteiger partial charge in [-0.3, -0.25) is 4.79 Å². The summed E-state index contributed by atoms with van der Waals surface area (Å²) in [5.41, 5.74) is 1.21. The van der Waals surface area contributed by atoms with Crippen LogP contribution in [0.2, 0.25) is 0 Å². The van der Waals surface area contributed by atoms with E-state index in [1.54, 1.807) is 36.4 Å². The van der Waals surface area contributed by atoms with E-state index in [4.69, 9.17) is 10.00 Å². The molecular formula is C16H13BrN2O4S. The first-order valence-electron chi connectivity index (χ1n) is 6.80. The van der Waals surface area contributed by atoms with Crippen LogP contribution in [-0.2, 0) is 26.2 Å². The van der Waals surface area contributed by atoms with E-state index < -0.39 is 22.5 Å². The van der Waals surface area contributed by atoms with Gasteiger partial charge in [0.05, 0.1) is 16.5 Å². The summed E-state index contributed by atoms with van der Waals surface area (Å²) >= 11 is 3.19. The number of nitriles is 1. The van der Waals surface area contributed by atoms with Crippen LogP contribution in [0.15, 0.2) is 57.9 Å². The van der Waals surface area contributed by atoms with Gasteiger partial charge in [0.2, 0.25) is 10.0 Å². The van der Waals surface area contributed by atoms with Gasteiger partial charge in [0.1, 0.15) is 13.2 Å². The Kier molecular flexibility index (Phi) is 6.09. The molecule has 8 heteroatoms. The van der Waals surface area contributed by atoms with Crippen molar-refractivity contribution in [3.05, 3.63) is 64.1 Å². The van der Waals surface area contributed by atoms with E-state index in [1.807, 2.05) is 6.07 Å². The van der Waals surface area contributed by atoms with Gasteiger partial charge in [-0.2, -0.15) is 9.98 Å². The highest BCUT2D eigenvalue weighted by Crippen LogP contribution is 2.15. The molecular weight excluding hydrogens is 396 g/mol. The van der Waals surface area contributed by atoms with Gasteiger partial charge in [-0.15, -0.1) is 0 Å². The fraction of sp³-hybridized carbons (Fsp3) is 0.125.